The van der Waals surface area contributed by atoms with E-state index in [9.17, 15) is 0 Å². The van der Waals surface area contributed by atoms with Gasteiger partial charge in [-0.05, 0) is 19.1 Å². The molecule has 4 heteroatoms. The highest BCUT2D eigenvalue weighted by atomic mass is 32.2. The van der Waals surface area contributed by atoms with Crippen LogP contribution in [-0.4, -0.2) is 36.5 Å². The van der Waals surface area contributed by atoms with Crippen LogP contribution in [-0.2, 0) is 9.47 Å². The second kappa shape index (κ2) is 3.77. The van der Waals surface area contributed by atoms with Gasteiger partial charge in [0, 0.05) is 18.2 Å². The largest absolute Gasteiger partial charge is 0.347 e. The first-order valence-corrected chi connectivity index (χ1v) is 5.99. The third kappa shape index (κ3) is 1.86. The van der Waals surface area contributed by atoms with Gasteiger partial charge in [-0.2, -0.15) is 11.8 Å². The van der Waals surface area contributed by atoms with Gasteiger partial charge >= 0.3 is 0 Å². The number of nitrogens with two attached hydrogens (primary N) is 1. The van der Waals surface area contributed by atoms with Crippen LogP contribution in [0.3, 0.4) is 0 Å². The van der Waals surface area contributed by atoms with Gasteiger partial charge in [-0.1, -0.05) is 0 Å². The van der Waals surface area contributed by atoms with Crippen molar-refractivity contribution < 1.29 is 9.47 Å². The maximum absolute atomic E-state index is 5.82. The van der Waals surface area contributed by atoms with E-state index in [0.717, 1.165) is 5.75 Å². The van der Waals surface area contributed by atoms with E-state index in [1.165, 1.54) is 12.2 Å². The predicted molar refractivity (Wildman–Crippen MR) is 53.7 cm³/mol. The number of ether oxygens (including phenoxy) is 2. The van der Waals surface area contributed by atoms with Crippen molar-refractivity contribution in [3.05, 3.63) is 0 Å². The summed E-state index contributed by atoms with van der Waals surface area (Å²) in [6, 6.07) is 0. The summed E-state index contributed by atoms with van der Waals surface area (Å²) in [7, 11) is 0. The van der Waals surface area contributed by atoms with Crippen LogP contribution in [0.25, 0.3) is 0 Å². The van der Waals surface area contributed by atoms with Gasteiger partial charge in [0.1, 0.15) is 0 Å². The van der Waals surface area contributed by atoms with Crippen LogP contribution in [0.4, 0.5) is 0 Å². The van der Waals surface area contributed by atoms with Crippen LogP contribution in [0.5, 0.6) is 0 Å². The molecular formula is C9H17NO2S. The first kappa shape index (κ1) is 9.77. The van der Waals surface area contributed by atoms with Gasteiger partial charge < -0.3 is 15.2 Å². The second-order valence-electron chi connectivity index (χ2n) is 3.86. The average Bonchev–Trinajstić information content (AvgIpc) is 2.72. The van der Waals surface area contributed by atoms with Crippen LogP contribution in [0, 0.1) is 5.92 Å². The monoisotopic (exact) mass is 203 g/mol. The Kier molecular flexibility index (Phi) is 2.83. The van der Waals surface area contributed by atoms with Gasteiger partial charge in [0.05, 0.1) is 12.7 Å². The lowest BCUT2D eigenvalue weighted by atomic mass is 10.00. The number of hydrogen-bond donors (Lipinski definition) is 1. The van der Waals surface area contributed by atoms with Crippen molar-refractivity contribution in [2.75, 3.05) is 24.7 Å². The molecule has 2 N–H and O–H groups in total. The molecule has 2 saturated heterocycles. The molecular weight excluding hydrogens is 186 g/mol. The van der Waals surface area contributed by atoms with E-state index >= 15 is 0 Å². The summed E-state index contributed by atoms with van der Waals surface area (Å²) in [5.41, 5.74) is 5.54. The molecule has 2 heterocycles. The van der Waals surface area contributed by atoms with Gasteiger partial charge in [-0.3, -0.25) is 0 Å². The molecule has 0 aromatic carbocycles. The molecule has 3 atom stereocenters. The number of rotatable bonds is 2. The zero-order valence-electron chi connectivity index (χ0n) is 7.99. The molecule has 13 heavy (non-hydrogen) atoms. The second-order valence-corrected chi connectivity index (χ2v) is 5.01. The molecule has 0 aromatic rings. The minimum atomic E-state index is -0.354. The van der Waals surface area contributed by atoms with Crippen molar-refractivity contribution in [1.29, 1.82) is 0 Å². The number of hydrogen-bond acceptors (Lipinski definition) is 4. The van der Waals surface area contributed by atoms with Gasteiger partial charge in [0.15, 0.2) is 5.79 Å². The molecule has 2 aliphatic heterocycles. The fourth-order valence-electron chi connectivity index (χ4n) is 1.94. The topological polar surface area (TPSA) is 44.5 Å². The molecule has 3 unspecified atom stereocenters. The quantitative estimate of drug-likeness (QED) is 0.722. The molecule has 0 aromatic heterocycles. The van der Waals surface area contributed by atoms with Crippen LogP contribution in [0.1, 0.15) is 13.3 Å². The molecule has 0 radical (unpaired) electrons. The van der Waals surface area contributed by atoms with E-state index in [4.69, 9.17) is 15.2 Å². The van der Waals surface area contributed by atoms with E-state index in [-0.39, 0.29) is 11.9 Å². The fraction of sp³-hybridized carbons (Fsp3) is 1.00. The van der Waals surface area contributed by atoms with E-state index < -0.39 is 0 Å². The highest BCUT2D eigenvalue weighted by Crippen LogP contribution is 2.39. The Morgan fingerprint density at radius 1 is 1.62 bits per heavy atom. The van der Waals surface area contributed by atoms with Gasteiger partial charge in [-0.25, -0.2) is 0 Å². The zero-order chi connectivity index (χ0) is 9.31. The van der Waals surface area contributed by atoms with Crippen LogP contribution in [0.2, 0.25) is 0 Å². The Balaban J connectivity index is 1.96. The molecule has 0 spiro atoms. The van der Waals surface area contributed by atoms with E-state index in [2.05, 4.69) is 6.92 Å². The molecule has 76 valence electrons. The van der Waals surface area contributed by atoms with Crippen molar-refractivity contribution in [2.45, 2.75) is 25.2 Å². The SMILES string of the molecule is CC1(C2CCSC2)OCC(CN)O1. The molecule has 2 aliphatic rings. The van der Waals surface area contributed by atoms with E-state index in [1.807, 2.05) is 11.8 Å². The zero-order valence-corrected chi connectivity index (χ0v) is 8.81. The lowest BCUT2D eigenvalue weighted by molar-refractivity contribution is -0.184. The lowest BCUT2D eigenvalue weighted by Crippen LogP contribution is -2.37. The first-order chi connectivity index (χ1) is 6.24. The summed E-state index contributed by atoms with van der Waals surface area (Å²) in [5.74, 6) is 2.59. The highest BCUT2D eigenvalue weighted by molar-refractivity contribution is 7.99. The molecule has 2 rings (SSSR count). The maximum Gasteiger partial charge on any atom is 0.169 e. The van der Waals surface area contributed by atoms with Gasteiger partial charge in [-0.15, -0.1) is 0 Å². The Labute approximate surface area is 83.3 Å². The summed E-state index contributed by atoms with van der Waals surface area (Å²) >= 11 is 1.99. The Bertz CT molecular complexity index is 184. The van der Waals surface area contributed by atoms with E-state index in [0.29, 0.717) is 19.1 Å². The summed E-state index contributed by atoms with van der Waals surface area (Å²) in [6.07, 6.45) is 1.31. The molecule has 0 amide bonds. The van der Waals surface area contributed by atoms with Gasteiger partial charge in [0.2, 0.25) is 0 Å². The normalized spacial score (nSPS) is 45.7. The van der Waals surface area contributed by atoms with Gasteiger partial charge in [0.25, 0.3) is 0 Å². The number of thioether (sulfide) groups is 1. The molecule has 2 fully saturated rings. The van der Waals surface area contributed by atoms with E-state index in [1.54, 1.807) is 0 Å². The van der Waals surface area contributed by atoms with Crippen molar-refractivity contribution in [2.24, 2.45) is 11.7 Å². The highest BCUT2D eigenvalue weighted by Gasteiger charge is 2.44. The smallest absolute Gasteiger partial charge is 0.169 e. The van der Waals surface area contributed by atoms with Crippen LogP contribution in [0.15, 0.2) is 0 Å². The Morgan fingerprint density at radius 3 is 3.00 bits per heavy atom. The van der Waals surface area contributed by atoms with Crippen molar-refractivity contribution in [3.8, 4) is 0 Å². The minimum Gasteiger partial charge on any atom is -0.347 e. The lowest BCUT2D eigenvalue weighted by Gasteiger charge is -2.29. The van der Waals surface area contributed by atoms with Crippen molar-refractivity contribution in [3.63, 3.8) is 0 Å². The molecule has 0 saturated carbocycles. The van der Waals surface area contributed by atoms with Crippen LogP contribution < -0.4 is 5.73 Å². The first-order valence-electron chi connectivity index (χ1n) is 4.84. The molecule has 3 nitrogen and oxygen atoms in total. The third-order valence-electron chi connectivity index (χ3n) is 2.89. The summed E-state index contributed by atoms with van der Waals surface area (Å²) in [4.78, 5) is 0. The maximum atomic E-state index is 5.82. The Hall–Kier alpha value is 0.230. The Morgan fingerprint density at radius 2 is 2.46 bits per heavy atom. The average molecular weight is 203 g/mol. The fourth-order valence-corrected chi connectivity index (χ4v) is 3.31. The predicted octanol–water partition coefficient (Wildman–Crippen LogP) is 0.830. The third-order valence-corrected chi connectivity index (χ3v) is 4.05. The summed E-state index contributed by atoms with van der Waals surface area (Å²) in [6.45, 7) is 3.28. The molecule has 0 aliphatic carbocycles. The summed E-state index contributed by atoms with van der Waals surface area (Å²) in [5, 5.41) is 0. The molecule has 0 bridgehead atoms. The standard InChI is InChI=1S/C9H17NO2S/c1-9(7-2-3-13-6-7)11-5-8(4-10)12-9/h7-8H,2-6,10H2,1H3. The van der Waals surface area contributed by atoms with Crippen molar-refractivity contribution in [1.82, 2.24) is 0 Å². The van der Waals surface area contributed by atoms with Crippen LogP contribution >= 0.6 is 11.8 Å². The minimum absolute atomic E-state index is 0.107. The summed E-state index contributed by atoms with van der Waals surface area (Å²) < 4.78 is 11.5. The van der Waals surface area contributed by atoms with Crippen molar-refractivity contribution >= 4 is 11.8 Å².